The predicted octanol–water partition coefficient (Wildman–Crippen LogP) is 3.87. The van der Waals surface area contributed by atoms with Crippen molar-refractivity contribution in [3.63, 3.8) is 0 Å². The van der Waals surface area contributed by atoms with Crippen LogP contribution in [0.4, 0.5) is 0 Å². The normalized spacial score (nSPS) is 13.4. The zero-order chi connectivity index (χ0) is 16.9. The minimum atomic E-state index is -3.51. The number of hydrogen-bond acceptors (Lipinski definition) is 4. The number of nitrogens with zero attached hydrogens (tertiary/aromatic N) is 1. The molecule has 4 nitrogen and oxygen atoms in total. The zero-order valence-electron chi connectivity index (χ0n) is 13.2. The van der Waals surface area contributed by atoms with Gasteiger partial charge in [-0.05, 0) is 59.7 Å². The molecular formula is C16H21BrN2O2S2. The Hall–Kier alpha value is -0.730. The summed E-state index contributed by atoms with van der Waals surface area (Å²) in [6.45, 7) is 6.28. The Morgan fingerprint density at radius 2 is 1.83 bits per heavy atom. The van der Waals surface area contributed by atoms with E-state index in [1.165, 1.54) is 0 Å². The molecule has 0 bridgehead atoms. The average molecular weight is 417 g/mol. The highest BCUT2D eigenvalue weighted by atomic mass is 79.9. The van der Waals surface area contributed by atoms with Crippen molar-refractivity contribution in [3.8, 4) is 0 Å². The number of sulfonamides is 1. The van der Waals surface area contributed by atoms with Crippen LogP contribution in [0.15, 0.2) is 50.5 Å². The molecule has 126 valence electrons. The van der Waals surface area contributed by atoms with E-state index >= 15 is 0 Å². The first-order valence-electron chi connectivity index (χ1n) is 7.49. The van der Waals surface area contributed by atoms with Crippen molar-refractivity contribution in [2.45, 2.75) is 24.8 Å². The van der Waals surface area contributed by atoms with E-state index in [2.05, 4.69) is 50.8 Å². The third-order valence-corrected chi connectivity index (χ3v) is 6.44. The smallest absolute Gasteiger partial charge is 0.240 e. The molecule has 0 radical (unpaired) electrons. The highest BCUT2D eigenvalue weighted by molar-refractivity contribution is 9.10. The molecule has 0 fully saturated rings. The van der Waals surface area contributed by atoms with Crippen molar-refractivity contribution in [1.82, 2.24) is 9.62 Å². The van der Waals surface area contributed by atoms with E-state index in [4.69, 9.17) is 0 Å². The van der Waals surface area contributed by atoms with Gasteiger partial charge >= 0.3 is 0 Å². The van der Waals surface area contributed by atoms with Crippen molar-refractivity contribution < 1.29 is 8.42 Å². The van der Waals surface area contributed by atoms with Gasteiger partial charge in [0.25, 0.3) is 0 Å². The first-order valence-corrected chi connectivity index (χ1v) is 10.7. The molecule has 0 aliphatic rings. The summed E-state index contributed by atoms with van der Waals surface area (Å²) in [5, 5.41) is 4.10. The quantitative estimate of drug-likeness (QED) is 0.710. The van der Waals surface area contributed by atoms with Gasteiger partial charge in [-0.2, -0.15) is 11.3 Å². The van der Waals surface area contributed by atoms with Crippen LogP contribution in [0, 0.1) is 0 Å². The van der Waals surface area contributed by atoms with Crippen molar-refractivity contribution in [2.24, 2.45) is 0 Å². The molecule has 0 aliphatic heterocycles. The maximum absolute atomic E-state index is 12.5. The van der Waals surface area contributed by atoms with Gasteiger partial charge in [-0.1, -0.05) is 29.8 Å². The Kier molecular flexibility index (Phi) is 6.79. The fourth-order valence-corrected chi connectivity index (χ4v) is 4.48. The summed E-state index contributed by atoms with van der Waals surface area (Å²) in [6, 6.07) is 8.76. The van der Waals surface area contributed by atoms with Crippen LogP contribution in [0.5, 0.6) is 0 Å². The minimum Gasteiger partial charge on any atom is -0.296 e. The summed E-state index contributed by atoms with van der Waals surface area (Å²) < 4.78 is 28.6. The maximum atomic E-state index is 12.5. The first kappa shape index (κ1) is 18.6. The Morgan fingerprint density at radius 3 is 2.35 bits per heavy atom. The third kappa shape index (κ3) is 4.87. The van der Waals surface area contributed by atoms with Crippen LogP contribution >= 0.6 is 27.3 Å². The third-order valence-electron chi connectivity index (χ3n) is 3.77. The van der Waals surface area contributed by atoms with Crippen LogP contribution in [0.25, 0.3) is 0 Å². The number of hydrogen-bond donors (Lipinski definition) is 1. The lowest BCUT2D eigenvalue weighted by atomic mass is 10.1. The Morgan fingerprint density at radius 1 is 1.17 bits per heavy atom. The monoisotopic (exact) mass is 416 g/mol. The second-order valence-electron chi connectivity index (χ2n) is 5.10. The summed E-state index contributed by atoms with van der Waals surface area (Å²) in [4.78, 5) is 2.54. The van der Waals surface area contributed by atoms with E-state index in [0.29, 0.717) is 6.54 Å². The van der Waals surface area contributed by atoms with Crippen LogP contribution in [-0.4, -0.2) is 33.0 Å². The highest BCUT2D eigenvalue weighted by Gasteiger charge is 2.22. The molecule has 1 aromatic heterocycles. The van der Waals surface area contributed by atoms with E-state index in [0.717, 1.165) is 23.1 Å². The Bertz CT molecular complexity index is 696. The average Bonchev–Trinajstić information content (AvgIpc) is 3.06. The molecule has 1 unspecified atom stereocenters. The molecule has 0 saturated carbocycles. The number of halogens is 1. The molecule has 0 amide bonds. The van der Waals surface area contributed by atoms with Gasteiger partial charge in [0.2, 0.25) is 10.0 Å². The standard InChI is InChI=1S/C16H21BrN2O2S2/c1-3-19(4-2)16(13-9-10-22-12-13)11-18-23(20,21)15-7-5-14(17)6-8-15/h5-10,12,16,18H,3-4,11H2,1-2H3. The first-order chi connectivity index (χ1) is 11.0. The lowest BCUT2D eigenvalue weighted by Gasteiger charge is -2.29. The lowest BCUT2D eigenvalue weighted by molar-refractivity contribution is 0.220. The molecule has 0 spiro atoms. The number of thiophene rings is 1. The topological polar surface area (TPSA) is 49.4 Å². The van der Waals surface area contributed by atoms with Crippen molar-refractivity contribution in [2.75, 3.05) is 19.6 Å². The molecule has 2 aromatic rings. The zero-order valence-corrected chi connectivity index (χ0v) is 16.4. The van der Waals surface area contributed by atoms with E-state index < -0.39 is 10.0 Å². The van der Waals surface area contributed by atoms with Gasteiger partial charge in [0, 0.05) is 17.1 Å². The molecule has 23 heavy (non-hydrogen) atoms. The number of likely N-dealkylation sites (N-methyl/N-ethyl adjacent to an activating group) is 1. The van der Waals surface area contributed by atoms with E-state index in [1.807, 2.05) is 5.38 Å². The van der Waals surface area contributed by atoms with Gasteiger partial charge in [0.15, 0.2) is 0 Å². The molecule has 2 rings (SSSR count). The molecule has 1 atom stereocenters. The minimum absolute atomic E-state index is 0.0430. The van der Waals surface area contributed by atoms with Gasteiger partial charge in [0.05, 0.1) is 4.90 Å². The van der Waals surface area contributed by atoms with Gasteiger partial charge in [-0.25, -0.2) is 13.1 Å². The fraction of sp³-hybridized carbons (Fsp3) is 0.375. The molecule has 1 aromatic carbocycles. The van der Waals surface area contributed by atoms with Crippen molar-refractivity contribution >= 4 is 37.3 Å². The van der Waals surface area contributed by atoms with Crippen molar-refractivity contribution in [1.29, 1.82) is 0 Å². The summed E-state index contributed by atoms with van der Waals surface area (Å²) in [6.07, 6.45) is 0. The number of rotatable bonds is 8. The fourth-order valence-electron chi connectivity index (χ4n) is 2.47. The van der Waals surface area contributed by atoms with Crippen LogP contribution in [0.2, 0.25) is 0 Å². The molecular weight excluding hydrogens is 396 g/mol. The van der Waals surface area contributed by atoms with E-state index in [1.54, 1.807) is 35.6 Å². The highest BCUT2D eigenvalue weighted by Crippen LogP contribution is 2.23. The lowest BCUT2D eigenvalue weighted by Crippen LogP contribution is -2.37. The predicted molar refractivity (Wildman–Crippen MR) is 99.3 cm³/mol. The van der Waals surface area contributed by atoms with Gasteiger partial charge in [-0.3, -0.25) is 4.90 Å². The molecule has 1 N–H and O–H groups in total. The van der Waals surface area contributed by atoms with Crippen LogP contribution < -0.4 is 4.72 Å². The second-order valence-corrected chi connectivity index (χ2v) is 8.56. The summed E-state index contributed by atoms with van der Waals surface area (Å²) in [5.41, 5.74) is 1.15. The molecule has 1 heterocycles. The summed E-state index contributed by atoms with van der Waals surface area (Å²) >= 11 is 4.95. The largest absolute Gasteiger partial charge is 0.296 e. The molecule has 0 aliphatic carbocycles. The Balaban J connectivity index is 2.16. The summed E-state index contributed by atoms with van der Waals surface area (Å²) in [7, 11) is -3.51. The van der Waals surface area contributed by atoms with E-state index in [9.17, 15) is 8.42 Å². The molecule has 7 heteroatoms. The number of benzene rings is 1. The SMILES string of the molecule is CCN(CC)C(CNS(=O)(=O)c1ccc(Br)cc1)c1ccsc1. The maximum Gasteiger partial charge on any atom is 0.240 e. The summed E-state index contributed by atoms with van der Waals surface area (Å²) in [5.74, 6) is 0. The van der Waals surface area contributed by atoms with Crippen molar-refractivity contribution in [3.05, 3.63) is 51.1 Å². The van der Waals surface area contributed by atoms with Gasteiger partial charge in [-0.15, -0.1) is 0 Å². The Labute approximate surface area is 150 Å². The van der Waals surface area contributed by atoms with Crippen LogP contribution in [-0.2, 0) is 10.0 Å². The van der Waals surface area contributed by atoms with Gasteiger partial charge in [0.1, 0.15) is 0 Å². The van der Waals surface area contributed by atoms with Crippen LogP contribution in [0.1, 0.15) is 25.5 Å². The second kappa shape index (κ2) is 8.39. The van der Waals surface area contributed by atoms with Crippen LogP contribution in [0.3, 0.4) is 0 Å². The van der Waals surface area contributed by atoms with Gasteiger partial charge < -0.3 is 0 Å². The van der Waals surface area contributed by atoms with E-state index in [-0.39, 0.29) is 10.9 Å². The number of nitrogens with one attached hydrogen (secondary N) is 1. The molecule has 0 saturated heterocycles.